The summed E-state index contributed by atoms with van der Waals surface area (Å²) in [5.41, 5.74) is 0.847. The standard InChI is InChI=1S/C29H44FNO2/c1-4-6-7-8-22-9-11-23(12-10-22)24-13-15-25(16-14-24)27-18-17-26(21-28(27)30)33-20-19-31(3)29(32)5-2/h5,17-18,21-25H,2,4,6-16,19-20H2,1,3H3. The van der Waals surface area contributed by atoms with Crippen molar-refractivity contribution in [1.29, 1.82) is 0 Å². The zero-order valence-electron chi connectivity index (χ0n) is 20.9. The molecule has 3 rings (SSSR count). The molecule has 1 aromatic carbocycles. The smallest absolute Gasteiger partial charge is 0.245 e. The van der Waals surface area contributed by atoms with Gasteiger partial charge in [-0.25, -0.2) is 4.39 Å². The molecule has 0 aliphatic heterocycles. The molecule has 33 heavy (non-hydrogen) atoms. The molecule has 2 aliphatic carbocycles. The molecule has 0 spiro atoms. The highest BCUT2D eigenvalue weighted by atomic mass is 19.1. The van der Waals surface area contributed by atoms with Crippen LogP contribution >= 0.6 is 0 Å². The van der Waals surface area contributed by atoms with E-state index in [4.69, 9.17) is 4.74 Å². The lowest BCUT2D eigenvalue weighted by molar-refractivity contribution is -0.125. The Morgan fingerprint density at radius 2 is 1.76 bits per heavy atom. The molecule has 4 heteroatoms. The lowest BCUT2D eigenvalue weighted by Gasteiger charge is -2.38. The third-order valence-corrected chi connectivity index (χ3v) is 8.20. The van der Waals surface area contributed by atoms with Crippen LogP contribution < -0.4 is 4.74 Å². The van der Waals surface area contributed by atoms with Crippen LogP contribution in [0, 0.1) is 23.6 Å². The number of carbonyl (C=O) groups excluding carboxylic acids is 1. The molecule has 0 radical (unpaired) electrons. The van der Waals surface area contributed by atoms with Gasteiger partial charge in [0.1, 0.15) is 18.2 Å². The Morgan fingerprint density at radius 3 is 2.36 bits per heavy atom. The zero-order valence-corrected chi connectivity index (χ0v) is 20.9. The number of halogens is 1. The maximum Gasteiger partial charge on any atom is 0.245 e. The lowest BCUT2D eigenvalue weighted by atomic mass is 9.68. The number of ether oxygens (including phenoxy) is 1. The number of unbranched alkanes of at least 4 members (excludes halogenated alkanes) is 2. The largest absolute Gasteiger partial charge is 0.492 e. The molecule has 1 amide bonds. The van der Waals surface area contributed by atoms with Gasteiger partial charge in [-0.2, -0.15) is 0 Å². The average Bonchev–Trinajstić information content (AvgIpc) is 2.84. The molecule has 0 unspecified atom stereocenters. The maximum atomic E-state index is 14.9. The molecule has 184 valence electrons. The molecule has 0 atom stereocenters. The van der Waals surface area contributed by atoms with Gasteiger partial charge in [-0.05, 0) is 79.9 Å². The first kappa shape index (κ1) is 25.8. The highest BCUT2D eigenvalue weighted by Gasteiger charge is 2.31. The Hall–Kier alpha value is -1.84. The highest BCUT2D eigenvalue weighted by molar-refractivity contribution is 5.86. The number of carbonyl (C=O) groups is 1. The van der Waals surface area contributed by atoms with Crippen LogP contribution in [0.4, 0.5) is 4.39 Å². The van der Waals surface area contributed by atoms with Crippen LogP contribution in [0.1, 0.15) is 95.5 Å². The quantitative estimate of drug-likeness (QED) is 0.254. The van der Waals surface area contributed by atoms with Crippen molar-refractivity contribution in [1.82, 2.24) is 4.90 Å². The number of nitrogens with zero attached hydrogens (tertiary/aromatic N) is 1. The van der Waals surface area contributed by atoms with Crippen molar-refractivity contribution in [3.8, 4) is 5.75 Å². The van der Waals surface area contributed by atoms with Crippen LogP contribution in [0.5, 0.6) is 5.75 Å². The van der Waals surface area contributed by atoms with Crippen molar-refractivity contribution >= 4 is 5.91 Å². The minimum Gasteiger partial charge on any atom is -0.492 e. The Labute approximate surface area is 200 Å². The summed E-state index contributed by atoms with van der Waals surface area (Å²) in [5.74, 6) is 3.28. The van der Waals surface area contributed by atoms with E-state index < -0.39 is 0 Å². The summed E-state index contributed by atoms with van der Waals surface area (Å²) in [6, 6.07) is 5.30. The maximum absolute atomic E-state index is 14.9. The summed E-state index contributed by atoms with van der Waals surface area (Å²) in [5, 5.41) is 0. The van der Waals surface area contributed by atoms with Crippen molar-refractivity contribution in [3.63, 3.8) is 0 Å². The predicted octanol–water partition coefficient (Wildman–Crippen LogP) is 7.51. The van der Waals surface area contributed by atoms with E-state index >= 15 is 0 Å². The summed E-state index contributed by atoms with van der Waals surface area (Å²) in [6.45, 7) is 6.54. The number of hydrogen-bond acceptors (Lipinski definition) is 2. The van der Waals surface area contributed by atoms with Gasteiger partial charge in [0.15, 0.2) is 0 Å². The molecule has 2 fully saturated rings. The van der Waals surface area contributed by atoms with Crippen LogP contribution in [0.15, 0.2) is 30.9 Å². The fraction of sp³-hybridized carbons (Fsp3) is 0.690. The second-order valence-corrected chi connectivity index (χ2v) is 10.4. The normalized spacial score (nSPS) is 25.4. The Kier molecular flexibility index (Phi) is 10.3. The Bertz CT molecular complexity index is 748. The van der Waals surface area contributed by atoms with Gasteiger partial charge in [0.25, 0.3) is 0 Å². The molecule has 0 saturated heterocycles. The summed E-state index contributed by atoms with van der Waals surface area (Å²) in [7, 11) is 1.70. The minimum atomic E-state index is -0.154. The van der Waals surface area contributed by atoms with Gasteiger partial charge in [-0.15, -0.1) is 0 Å². The first-order valence-corrected chi connectivity index (χ1v) is 13.3. The monoisotopic (exact) mass is 457 g/mol. The summed E-state index contributed by atoms with van der Waals surface area (Å²) >= 11 is 0. The van der Waals surface area contributed by atoms with Crippen LogP contribution in [-0.2, 0) is 4.79 Å². The predicted molar refractivity (Wildman–Crippen MR) is 134 cm³/mol. The number of benzene rings is 1. The van der Waals surface area contributed by atoms with Crippen molar-refractivity contribution in [3.05, 3.63) is 42.2 Å². The summed E-state index contributed by atoms with van der Waals surface area (Å²) in [6.07, 6.45) is 17.3. The van der Waals surface area contributed by atoms with E-state index in [2.05, 4.69) is 13.5 Å². The van der Waals surface area contributed by atoms with E-state index in [1.807, 2.05) is 12.1 Å². The van der Waals surface area contributed by atoms with E-state index in [9.17, 15) is 9.18 Å². The minimum absolute atomic E-state index is 0.143. The van der Waals surface area contributed by atoms with Crippen molar-refractivity contribution in [2.24, 2.45) is 17.8 Å². The Balaban J connectivity index is 1.41. The molecule has 2 saturated carbocycles. The third kappa shape index (κ3) is 7.58. The molecular weight excluding hydrogens is 413 g/mol. The first-order valence-electron chi connectivity index (χ1n) is 13.3. The number of rotatable bonds is 11. The fourth-order valence-corrected chi connectivity index (χ4v) is 6.03. The third-order valence-electron chi connectivity index (χ3n) is 8.20. The summed E-state index contributed by atoms with van der Waals surface area (Å²) in [4.78, 5) is 13.0. The number of likely N-dealkylation sites (N-methyl/N-ethyl adjacent to an activating group) is 1. The molecule has 0 bridgehead atoms. The molecule has 0 N–H and O–H groups in total. The van der Waals surface area contributed by atoms with Crippen LogP contribution in [0.3, 0.4) is 0 Å². The van der Waals surface area contributed by atoms with E-state index in [-0.39, 0.29) is 11.7 Å². The second kappa shape index (κ2) is 13.2. The SMILES string of the molecule is C=CC(=O)N(C)CCOc1ccc(C2CCC(C3CCC(CCCCC)CC3)CC2)c(F)c1. The number of amides is 1. The van der Waals surface area contributed by atoms with Crippen LogP contribution in [0.25, 0.3) is 0 Å². The van der Waals surface area contributed by atoms with Gasteiger partial charge in [-0.3, -0.25) is 4.79 Å². The molecule has 0 heterocycles. The Morgan fingerprint density at radius 1 is 1.09 bits per heavy atom. The highest BCUT2D eigenvalue weighted by Crippen LogP contribution is 2.45. The molecular formula is C29H44FNO2. The topological polar surface area (TPSA) is 29.5 Å². The molecule has 1 aromatic rings. The van der Waals surface area contributed by atoms with Gasteiger partial charge in [0, 0.05) is 13.1 Å². The fourth-order valence-electron chi connectivity index (χ4n) is 6.03. The van der Waals surface area contributed by atoms with Gasteiger partial charge < -0.3 is 9.64 Å². The van der Waals surface area contributed by atoms with Gasteiger partial charge in [0.05, 0.1) is 6.54 Å². The van der Waals surface area contributed by atoms with Gasteiger partial charge in [-0.1, -0.05) is 58.1 Å². The van der Waals surface area contributed by atoms with Gasteiger partial charge >= 0.3 is 0 Å². The molecule has 0 aromatic heterocycles. The molecule has 2 aliphatic rings. The second-order valence-electron chi connectivity index (χ2n) is 10.4. The van der Waals surface area contributed by atoms with Crippen molar-refractivity contribution in [2.45, 2.75) is 89.9 Å². The van der Waals surface area contributed by atoms with E-state index in [0.29, 0.717) is 24.8 Å². The van der Waals surface area contributed by atoms with Gasteiger partial charge in [0.2, 0.25) is 5.91 Å². The van der Waals surface area contributed by atoms with Crippen molar-refractivity contribution < 1.29 is 13.9 Å². The van der Waals surface area contributed by atoms with Crippen LogP contribution in [-0.4, -0.2) is 31.0 Å². The lowest BCUT2D eigenvalue weighted by Crippen LogP contribution is -2.29. The van der Waals surface area contributed by atoms with E-state index in [1.165, 1.54) is 81.3 Å². The first-order chi connectivity index (χ1) is 16.0. The van der Waals surface area contributed by atoms with E-state index in [1.54, 1.807) is 7.05 Å². The van der Waals surface area contributed by atoms with Crippen LogP contribution in [0.2, 0.25) is 0 Å². The van der Waals surface area contributed by atoms with Crippen molar-refractivity contribution in [2.75, 3.05) is 20.2 Å². The molecule has 3 nitrogen and oxygen atoms in total. The number of hydrogen-bond donors (Lipinski definition) is 0. The summed E-state index contributed by atoms with van der Waals surface area (Å²) < 4.78 is 20.5. The zero-order chi connectivity index (χ0) is 23.6. The van der Waals surface area contributed by atoms with E-state index in [0.717, 1.165) is 36.2 Å². The average molecular weight is 458 g/mol.